The Morgan fingerprint density at radius 3 is 2.77 bits per heavy atom. The number of ether oxygens (including phenoxy) is 3. The number of carbonyl (C=O) groups is 1. The Hall–Kier alpha value is -2.66. The average molecular weight is 374 g/mol. The normalized spacial score (nSPS) is 12.4. The van der Waals surface area contributed by atoms with Crippen molar-refractivity contribution in [2.24, 2.45) is 0 Å². The summed E-state index contributed by atoms with van der Waals surface area (Å²) >= 11 is 6.15. The molecule has 0 saturated carbocycles. The molecule has 136 valence electrons. The van der Waals surface area contributed by atoms with Crippen molar-refractivity contribution in [1.82, 2.24) is 4.90 Å². The van der Waals surface area contributed by atoms with Crippen LogP contribution in [0.25, 0.3) is 6.08 Å². The Balaban J connectivity index is 1.62. The minimum absolute atomic E-state index is 0.104. The van der Waals surface area contributed by atoms with E-state index < -0.39 is 0 Å². The standard InChI is InChI=1S/C20H20ClNO4/c1-3-24-16-7-4-14(5-8-16)12-22(2)19(23)9-6-15-10-17(21)20-18(11-15)25-13-26-20/h4-11H,3,12-13H2,1-2H3/b9-6+. The lowest BCUT2D eigenvalue weighted by Crippen LogP contribution is -2.24. The van der Waals surface area contributed by atoms with Crippen LogP contribution in [-0.4, -0.2) is 31.3 Å². The number of hydrogen-bond donors (Lipinski definition) is 0. The van der Waals surface area contributed by atoms with Gasteiger partial charge in [0, 0.05) is 19.7 Å². The van der Waals surface area contributed by atoms with Gasteiger partial charge in [-0.15, -0.1) is 0 Å². The Morgan fingerprint density at radius 2 is 2.04 bits per heavy atom. The summed E-state index contributed by atoms with van der Waals surface area (Å²) in [6.45, 7) is 3.25. The van der Waals surface area contributed by atoms with E-state index in [-0.39, 0.29) is 12.7 Å². The van der Waals surface area contributed by atoms with Gasteiger partial charge in [0.25, 0.3) is 0 Å². The van der Waals surface area contributed by atoms with Gasteiger partial charge in [0.05, 0.1) is 11.6 Å². The summed E-state index contributed by atoms with van der Waals surface area (Å²) in [5.41, 5.74) is 1.81. The van der Waals surface area contributed by atoms with Crippen LogP contribution in [0.4, 0.5) is 0 Å². The molecule has 0 bridgehead atoms. The van der Waals surface area contributed by atoms with E-state index in [9.17, 15) is 4.79 Å². The van der Waals surface area contributed by atoms with Gasteiger partial charge in [-0.25, -0.2) is 0 Å². The maximum absolute atomic E-state index is 12.3. The largest absolute Gasteiger partial charge is 0.494 e. The van der Waals surface area contributed by atoms with Gasteiger partial charge in [0.15, 0.2) is 11.5 Å². The second-order valence-corrected chi connectivity index (χ2v) is 6.25. The van der Waals surface area contributed by atoms with Crippen molar-refractivity contribution >= 4 is 23.6 Å². The molecule has 2 aromatic rings. The summed E-state index contributed by atoms with van der Waals surface area (Å²) < 4.78 is 16.0. The summed E-state index contributed by atoms with van der Waals surface area (Å²) in [7, 11) is 1.76. The molecule has 0 unspecified atom stereocenters. The van der Waals surface area contributed by atoms with Crippen molar-refractivity contribution in [2.75, 3.05) is 20.4 Å². The number of rotatable bonds is 6. The molecule has 3 rings (SSSR count). The molecule has 5 nitrogen and oxygen atoms in total. The third kappa shape index (κ3) is 4.29. The Bertz CT molecular complexity index is 817. The fraction of sp³-hybridized carbons (Fsp3) is 0.250. The third-order valence-electron chi connectivity index (χ3n) is 3.90. The molecule has 0 fully saturated rings. The van der Waals surface area contributed by atoms with E-state index in [1.165, 1.54) is 6.08 Å². The fourth-order valence-corrected chi connectivity index (χ4v) is 2.86. The molecule has 0 saturated heterocycles. The number of hydrogen-bond acceptors (Lipinski definition) is 4. The highest BCUT2D eigenvalue weighted by Crippen LogP contribution is 2.40. The molecule has 1 aliphatic rings. The number of halogens is 1. The molecule has 0 N–H and O–H groups in total. The predicted molar refractivity (Wildman–Crippen MR) is 101 cm³/mol. The predicted octanol–water partition coefficient (Wildman–Crippen LogP) is 4.14. The fourth-order valence-electron chi connectivity index (χ4n) is 2.59. The zero-order valence-corrected chi connectivity index (χ0v) is 15.5. The highest BCUT2D eigenvalue weighted by atomic mass is 35.5. The first-order valence-corrected chi connectivity index (χ1v) is 8.68. The SMILES string of the molecule is CCOc1ccc(CN(C)C(=O)/C=C/c2cc(Cl)c3c(c2)OCO3)cc1. The van der Waals surface area contributed by atoms with Crippen LogP contribution in [0.5, 0.6) is 17.2 Å². The van der Waals surface area contributed by atoms with Crippen LogP contribution in [0.3, 0.4) is 0 Å². The molecule has 6 heteroatoms. The lowest BCUT2D eigenvalue weighted by atomic mass is 10.1. The summed E-state index contributed by atoms with van der Waals surface area (Å²) in [4.78, 5) is 14.0. The summed E-state index contributed by atoms with van der Waals surface area (Å²) in [6.07, 6.45) is 3.23. The Labute approximate surface area is 157 Å². The lowest BCUT2D eigenvalue weighted by molar-refractivity contribution is -0.125. The molecular formula is C20H20ClNO4. The van der Waals surface area contributed by atoms with E-state index in [0.717, 1.165) is 16.9 Å². The summed E-state index contributed by atoms with van der Waals surface area (Å²) in [6, 6.07) is 11.3. The van der Waals surface area contributed by atoms with E-state index in [1.807, 2.05) is 31.2 Å². The highest BCUT2D eigenvalue weighted by Gasteiger charge is 2.17. The van der Waals surface area contributed by atoms with Crippen LogP contribution in [0, 0.1) is 0 Å². The minimum atomic E-state index is -0.104. The molecule has 1 amide bonds. The minimum Gasteiger partial charge on any atom is -0.494 e. The first kappa shape index (κ1) is 18.1. The molecule has 0 spiro atoms. The van der Waals surface area contributed by atoms with Gasteiger partial charge in [-0.3, -0.25) is 4.79 Å². The molecular weight excluding hydrogens is 354 g/mol. The number of amides is 1. The zero-order valence-electron chi connectivity index (χ0n) is 14.7. The smallest absolute Gasteiger partial charge is 0.246 e. The number of fused-ring (bicyclic) bond motifs is 1. The van der Waals surface area contributed by atoms with E-state index in [2.05, 4.69) is 0 Å². The van der Waals surface area contributed by atoms with Crippen LogP contribution >= 0.6 is 11.6 Å². The highest BCUT2D eigenvalue weighted by molar-refractivity contribution is 6.32. The van der Waals surface area contributed by atoms with Crippen molar-refractivity contribution in [3.05, 3.63) is 58.6 Å². The zero-order chi connectivity index (χ0) is 18.5. The number of benzene rings is 2. The van der Waals surface area contributed by atoms with Gasteiger partial charge in [0.2, 0.25) is 12.7 Å². The van der Waals surface area contributed by atoms with Crippen LogP contribution in [0.15, 0.2) is 42.5 Å². The van der Waals surface area contributed by atoms with E-state index in [0.29, 0.717) is 29.7 Å². The quantitative estimate of drug-likeness (QED) is 0.714. The van der Waals surface area contributed by atoms with Gasteiger partial charge in [0.1, 0.15) is 5.75 Å². The summed E-state index contributed by atoms with van der Waals surface area (Å²) in [5.74, 6) is 1.85. The van der Waals surface area contributed by atoms with Gasteiger partial charge in [-0.2, -0.15) is 0 Å². The topological polar surface area (TPSA) is 48.0 Å². The first-order valence-electron chi connectivity index (χ1n) is 8.31. The van der Waals surface area contributed by atoms with Crippen LogP contribution in [0.1, 0.15) is 18.1 Å². The number of nitrogens with zero attached hydrogens (tertiary/aromatic N) is 1. The monoisotopic (exact) mass is 373 g/mol. The van der Waals surface area contributed by atoms with Crippen molar-refractivity contribution in [3.63, 3.8) is 0 Å². The van der Waals surface area contributed by atoms with Crippen molar-refractivity contribution in [3.8, 4) is 17.2 Å². The van der Waals surface area contributed by atoms with Crippen molar-refractivity contribution in [2.45, 2.75) is 13.5 Å². The van der Waals surface area contributed by atoms with Gasteiger partial charge in [-0.1, -0.05) is 23.7 Å². The molecule has 0 aliphatic carbocycles. The average Bonchev–Trinajstić information content (AvgIpc) is 3.10. The van der Waals surface area contributed by atoms with E-state index in [1.54, 1.807) is 30.2 Å². The van der Waals surface area contributed by atoms with Gasteiger partial charge in [-0.05, 0) is 48.4 Å². The molecule has 0 aromatic heterocycles. The third-order valence-corrected chi connectivity index (χ3v) is 4.18. The second-order valence-electron chi connectivity index (χ2n) is 5.84. The van der Waals surface area contributed by atoms with Crippen molar-refractivity contribution < 1.29 is 19.0 Å². The van der Waals surface area contributed by atoms with Crippen molar-refractivity contribution in [1.29, 1.82) is 0 Å². The molecule has 2 aromatic carbocycles. The number of likely N-dealkylation sites (N-methyl/N-ethyl adjacent to an activating group) is 1. The van der Waals surface area contributed by atoms with Crippen LogP contribution in [0.2, 0.25) is 5.02 Å². The molecule has 1 heterocycles. The lowest BCUT2D eigenvalue weighted by Gasteiger charge is -2.15. The molecule has 0 radical (unpaired) electrons. The van der Waals surface area contributed by atoms with Crippen LogP contribution < -0.4 is 14.2 Å². The van der Waals surface area contributed by atoms with E-state index >= 15 is 0 Å². The molecule has 0 atom stereocenters. The second kappa shape index (κ2) is 8.15. The van der Waals surface area contributed by atoms with Gasteiger partial charge < -0.3 is 19.1 Å². The summed E-state index contributed by atoms with van der Waals surface area (Å²) in [5, 5.41) is 0.467. The maximum atomic E-state index is 12.3. The maximum Gasteiger partial charge on any atom is 0.246 e. The number of carbonyl (C=O) groups excluding carboxylic acids is 1. The molecule has 1 aliphatic heterocycles. The Kier molecular flexibility index (Phi) is 5.68. The molecule has 26 heavy (non-hydrogen) atoms. The van der Waals surface area contributed by atoms with Gasteiger partial charge >= 0.3 is 0 Å². The first-order chi connectivity index (χ1) is 12.6. The van der Waals surface area contributed by atoms with Crippen LogP contribution in [-0.2, 0) is 11.3 Å². The Morgan fingerprint density at radius 1 is 1.27 bits per heavy atom. The van der Waals surface area contributed by atoms with E-state index in [4.69, 9.17) is 25.8 Å².